The number of halogens is 3. The maximum atomic E-state index is 12.8. The topological polar surface area (TPSA) is 38.8 Å². The largest absolute Gasteiger partial charge is 0.416 e. The van der Waals surface area contributed by atoms with Gasteiger partial charge in [-0.25, -0.2) is 0 Å². The molecule has 1 saturated heterocycles. The van der Waals surface area contributed by atoms with Crippen molar-refractivity contribution in [1.82, 2.24) is 4.90 Å². The summed E-state index contributed by atoms with van der Waals surface area (Å²) in [6, 6.07) is 4.92. The summed E-state index contributed by atoms with van der Waals surface area (Å²) in [6.07, 6.45) is -2.18. The third-order valence-electron chi connectivity index (χ3n) is 4.46. The number of hydrogen-bond acceptors (Lipinski definition) is 3. The van der Waals surface area contributed by atoms with Gasteiger partial charge in [0.05, 0.1) is 31.3 Å². The van der Waals surface area contributed by atoms with Crippen molar-refractivity contribution >= 4 is 5.91 Å². The second kappa shape index (κ2) is 7.74. The number of morpholine rings is 1. The molecule has 4 nitrogen and oxygen atoms in total. The molecule has 1 aromatic rings. The van der Waals surface area contributed by atoms with Gasteiger partial charge in [0.15, 0.2) is 0 Å². The van der Waals surface area contributed by atoms with Crippen LogP contribution >= 0.6 is 0 Å². The first kappa shape index (κ1) is 18.2. The number of amides is 1. The lowest BCUT2D eigenvalue weighted by atomic mass is 10.1. The van der Waals surface area contributed by atoms with Crippen LogP contribution < -0.4 is 0 Å². The number of hydrogen-bond donors (Lipinski definition) is 0. The van der Waals surface area contributed by atoms with Crippen LogP contribution in [0.4, 0.5) is 13.2 Å². The van der Waals surface area contributed by atoms with E-state index in [-0.39, 0.29) is 18.4 Å². The Hall–Kier alpha value is -1.60. The molecule has 3 rings (SSSR count). The Bertz CT molecular complexity index is 601. The molecule has 25 heavy (non-hydrogen) atoms. The monoisotopic (exact) mass is 357 g/mol. The number of rotatable bonds is 6. The highest BCUT2D eigenvalue weighted by molar-refractivity contribution is 5.79. The molecule has 2 fully saturated rings. The van der Waals surface area contributed by atoms with Crippen LogP contribution in [-0.4, -0.2) is 49.8 Å². The van der Waals surface area contributed by atoms with E-state index in [1.54, 1.807) is 11.0 Å². The van der Waals surface area contributed by atoms with Gasteiger partial charge in [-0.15, -0.1) is 0 Å². The van der Waals surface area contributed by atoms with Gasteiger partial charge in [0, 0.05) is 19.7 Å². The van der Waals surface area contributed by atoms with E-state index in [4.69, 9.17) is 9.47 Å². The number of alkyl halides is 3. The normalized spacial score (nSPS) is 21.4. The van der Waals surface area contributed by atoms with E-state index in [9.17, 15) is 18.0 Å². The molecule has 0 aromatic heterocycles. The maximum absolute atomic E-state index is 12.8. The number of ether oxygens (including phenoxy) is 2. The van der Waals surface area contributed by atoms with E-state index in [0.29, 0.717) is 37.8 Å². The van der Waals surface area contributed by atoms with E-state index in [1.807, 2.05) is 0 Å². The Balaban J connectivity index is 1.51. The second-order valence-electron chi connectivity index (χ2n) is 6.69. The van der Waals surface area contributed by atoms with Crippen LogP contribution in [0.2, 0.25) is 0 Å². The van der Waals surface area contributed by atoms with Crippen LogP contribution in [0.25, 0.3) is 0 Å². The second-order valence-corrected chi connectivity index (χ2v) is 6.69. The van der Waals surface area contributed by atoms with Gasteiger partial charge in [-0.1, -0.05) is 18.2 Å². The maximum Gasteiger partial charge on any atom is 0.416 e. The highest BCUT2D eigenvalue weighted by Crippen LogP contribution is 2.30. The summed E-state index contributed by atoms with van der Waals surface area (Å²) in [5.74, 6) is 0.483. The van der Waals surface area contributed by atoms with Crippen molar-refractivity contribution < 1.29 is 27.4 Å². The van der Waals surface area contributed by atoms with Gasteiger partial charge >= 0.3 is 6.18 Å². The minimum absolute atomic E-state index is 0.0421. The summed E-state index contributed by atoms with van der Waals surface area (Å²) in [4.78, 5) is 14.1. The highest BCUT2D eigenvalue weighted by atomic mass is 19.4. The zero-order valence-electron chi connectivity index (χ0n) is 13.9. The van der Waals surface area contributed by atoms with Crippen LogP contribution in [0.1, 0.15) is 24.0 Å². The number of nitrogens with zero attached hydrogens (tertiary/aromatic N) is 1. The minimum atomic E-state index is -4.40. The predicted octanol–water partition coefficient (Wildman–Crippen LogP) is 2.90. The Morgan fingerprint density at radius 2 is 2.08 bits per heavy atom. The molecule has 1 aliphatic heterocycles. The van der Waals surface area contributed by atoms with Crippen LogP contribution in [0, 0.1) is 5.92 Å². The molecule has 1 saturated carbocycles. The summed E-state index contributed by atoms with van der Waals surface area (Å²) >= 11 is 0. The van der Waals surface area contributed by atoms with Crippen LogP contribution in [0.3, 0.4) is 0 Å². The van der Waals surface area contributed by atoms with Gasteiger partial charge in [-0.3, -0.25) is 4.79 Å². The molecule has 1 amide bonds. The van der Waals surface area contributed by atoms with Crippen molar-refractivity contribution in [3.63, 3.8) is 0 Å². The Labute approximate surface area is 144 Å². The van der Waals surface area contributed by atoms with Crippen molar-refractivity contribution in [3.8, 4) is 0 Å². The first-order valence-electron chi connectivity index (χ1n) is 8.55. The van der Waals surface area contributed by atoms with Gasteiger partial charge in [0.1, 0.15) is 0 Å². The van der Waals surface area contributed by atoms with Crippen LogP contribution in [0.5, 0.6) is 0 Å². The molecule has 1 aromatic carbocycles. The molecular formula is C18H22F3NO3. The molecule has 7 heteroatoms. The fourth-order valence-corrected chi connectivity index (χ4v) is 2.84. The van der Waals surface area contributed by atoms with Crippen LogP contribution in [0.15, 0.2) is 24.3 Å². The van der Waals surface area contributed by atoms with Crippen molar-refractivity contribution in [2.24, 2.45) is 5.92 Å². The summed E-state index contributed by atoms with van der Waals surface area (Å²) in [5, 5.41) is 0. The van der Waals surface area contributed by atoms with Gasteiger partial charge in [-0.05, 0) is 30.4 Å². The number of carbonyl (C=O) groups is 1. The number of benzene rings is 1. The zero-order valence-corrected chi connectivity index (χ0v) is 13.9. The molecule has 0 unspecified atom stereocenters. The van der Waals surface area contributed by atoms with E-state index >= 15 is 0 Å². The van der Waals surface area contributed by atoms with E-state index in [0.717, 1.165) is 18.7 Å². The summed E-state index contributed by atoms with van der Waals surface area (Å²) in [6.45, 7) is 2.48. The molecule has 2 aliphatic rings. The standard InChI is InChI=1S/C18H22F3NO3/c19-18(20,21)15-3-1-2-14(8-15)9-17(23)22-6-7-25-16(10-22)12-24-11-13-4-5-13/h1-3,8,13,16H,4-7,9-12H2/t16-/m1/s1. The van der Waals surface area contributed by atoms with E-state index < -0.39 is 11.7 Å². The molecule has 0 spiro atoms. The Morgan fingerprint density at radius 1 is 1.28 bits per heavy atom. The third kappa shape index (κ3) is 5.44. The molecule has 0 bridgehead atoms. The average molecular weight is 357 g/mol. The predicted molar refractivity (Wildman–Crippen MR) is 85.0 cm³/mol. The van der Waals surface area contributed by atoms with Crippen LogP contribution in [-0.2, 0) is 26.9 Å². The molecule has 0 N–H and O–H groups in total. The molecule has 1 heterocycles. The van der Waals surface area contributed by atoms with Gasteiger partial charge in [-0.2, -0.15) is 13.2 Å². The Kier molecular flexibility index (Phi) is 5.64. The molecule has 138 valence electrons. The summed E-state index contributed by atoms with van der Waals surface area (Å²) < 4.78 is 49.5. The lowest BCUT2D eigenvalue weighted by Gasteiger charge is -2.33. The fraction of sp³-hybridized carbons (Fsp3) is 0.611. The lowest BCUT2D eigenvalue weighted by molar-refractivity contribution is -0.141. The highest BCUT2D eigenvalue weighted by Gasteiger charge is 2.31. The average Bonchev–Trinajstić information content (AvgIpc) is 3.39. The smallest absolute Gasteiger partial charge is 0.378 e. The molecule has 1 atom stereocenters. The molecular weight excluding hydrogens is 335 g/mol. The van der Waals surface area contributed by atoms with E-state index in [1.165, 1.54) is 18.9 Å². The minimum Gasteiger partial charge on any atom is -0.378 e. The fourth-order valence-electron chi connectivity index (χ4n) is 2.84. The molecule has 0 radical (unpaired) electrons. The quantitative estimate of drug-likeness (QED) is 0.786. The Morgan fingerprint density at radius 3 is 2.80 bits per heavy atom. The van der Waals surface area contributed by atoms with Crippen molar-refractivity contribution in [2.75, 3.05) is 32.9 Å². The number of carbonyl (C=O) groups excluding carboxylic acids is 1. The third-order valence-corrected chi connectivity index (χ3v) is 4.46. The summed E-state index contributed by atoms with van der Waals surface area (Å²) in [7, 11) is 0. The van der Waals surface area contributed by atoms with Gasteiger partial charge < -0.3 is 14.4 Å². The lowest BCUT2D eigenvalue weighted by Crippen LogP contribution is -2.47. The molecule has 1 aliphatic carbocycles. The van der Waals surface area contributed by atoms with Crippen molar-refractivity contribution in [2.45, 2.75) is 31.5 Å². The van der Waals surface area contributed by atoms with Gasteiger partial charge in [0.25, 0.3) is 0 Å². The first-order valence-corrected chi connectivity index (χ1v) is 8.55. The zero-order chi connectivity index (χ0) is 17.9. The van der Waals surface area contributed by atoms with Crippen molar-refractivity contribution in [3.05, 3.63) is 35.4 Å². The first-order chi connectivity index (χ1) is 11.9. The summed E-state index contributed by atoms with van der Waals surface area (Å²) in [5.41, 5.74) is -0.362. The van der Waals surface area contributed by atoms with E-state index in [2.05, 4.69) is 0 Å². The SMILES string of the molecule is O=C(Cc1cccc(C(F)(F)F)c1)N1CCO[C@@H](COCC2CC2)C1. The van der Waals surface area contributed by atoms with Crippen molar-refractivity contribution in [1.29, 1.82) is 0 Å². The van der Waals surface area contributed by atoms with Gasteiger partial charge in [0.2, 0.25) is 5.91 Å².